The first kappa shape index (κ1) is 22.3. The SMILES string of the molecule is Cl.Cl.O=C(NCc1nnc2ccc(C(F)(F)F)cn12)C1CC(F)(F)CN1. The van der Waals surface area contributed by atoms with Crippen molar-refractivity contribution in [2.45, 2.75) is 31.1 Å². The molecule has 13 heteroatoms. The van der Waals surface area contributed by atoms with Gasteiger partial charge in [0.1, 0.15) is 0 Å². The summed E-state index contributed by atoms with van der Waals surface area (Å²) in [4.78, 5) is 11.8. The second kappa shape index (κ2) is 7.89. The van der Waals surface area contributed by atoms with Gasteiger partial charge in [0, 0.05) is 12.6 Å². The van der Waals surface area contributed by atoms with Crippen LogP contribution in [0, 0.1) is 0 Å². The van der Waals surface area contributed by atoms with E-state index in [1.165, 1.54) is 0 Å². The van der Waals surface area contributed by atoms with Gasteiger partial charge in [-0.05, 0) is 12.1 Å². The normalized spacial score (nSPS) is 18.9. The number of nitrogens with one attached hydrogen (secondary N) is 2. The Morgan fingerprint density at radius 1 is 1.31 bits per heavy atom. The standard InChI is InChI=1S/C13H12F5N5O.2ClH/c14-12(15)3-8(20-6-12)11(24)19-4-10-22-21-9-2-1-7(5-23(9)10)13(16,17)18;;/h1-2,5,8,20H,3-4,6H2,(H,19,24);2*1H. The molecular formula is C13H14Cl2F5N5O. The molecule has 3 heterocycles. The molecule has 1 aliphatic rings. The van der Waals surface area contributed by atoms with E-state index in [4.69, 9.17) is 0 Å². The van der Waals surface area contributed by atoms with Crippen LogP contribution in [0.2, 0.25) is 0 Å². The van der Waals surface area contributed by atoms with Crippen LogP contribution in [0.5, 0.6) is 0 Å². The number of fused-ring (bicyclic) bond motifs is 1. The summed E-state index contributed by atoms with van der Waals surface area (Å²) in [5, 5.41) is 12.2. The zero-order valence-corrected chi connectivity index (χ0v) is 14.5. The molecule has 0 aromatic carbocycles. The van der Waals surface area contributed by atoms with Crippen LogP contribution in [-0.4, -0.2) is 39.0 Å². The maximum Gasteiger partial charge on any atom is 0.417 e. The summed E-state index contributed by atoms with van der Waals surface area (Å²) in [6.45, 7) is -0.820. The van der Waals surface area contributed by atoms with E-state index in [9.17, 15) is 26.7 Å². The van der Waals surface area contributed by atoms with Crippen LogP contribution < -0.4 is 10.6 Å². The summed E-state index contributed by atoms with van der Waals surface area (Å²) < 4.78 is 65.4. The van der Waals surface area contributed by atoms with Gasteiger partial charge >= 0.3 is 6.18 Å². The van der Waals surface area contributed by atoms with Gasteiger partial charge in [-0.15, -0.1) is 35.0 Å². The predicted molar refractivity (Wildman–Crippen MR) is 85.7 cm³/mol. The molecule has 1 fully saturated rings. The van der Waals surface area contributed by atoms with Crippen molar-refractivity contribution in [3.8, 4) is 0 Å². The van der Waals surface area contributed by atoms with E-state index in [-0.39, 0.29) is 42.8 Å². The summed E-state index contributed by atoms with van der Waals surface area (Å²) in [6.07, 6.45) is -4.34. The number of amides is 1. The third-order valence-corrected chi connectivity index (χ3v) is 3.65. The Bertz CT molecular complexity index is 782. The lowest BCUT2D eigenvalue weighted by Crippen LogP contribution is -2.40. The molecule has 2 N–H and O–H groups in total. The van der Waals surface area contributed by atoms with Gasteiger partial charge in [-0.3, -0.25) is 14.5 Å². The first-order valence-electron chi connectivity index (χ1n) is 6.95. The molecule has 2 aromatic heterocycles. The molecule has 1 amide bonds. The minimum Gasteiger partial charge on any atom is -0.347 e. The molecule has 0 bridgehead atoms. The van der Waals surface area contributed by atoms with E-state index >= 15 is 0 Å². The van der Waals surface area contributed by atoms with Crippen LogP contribution in [0.25, 0.3) is 5.65 Å². The van der Waals surface area contributed by atoms with Gasteiger partial charge in [0.05, 0.1) is 24.7 Å². The Labute approximate surface area is 156 Å². The molecule has 0 saturated carbocycles. The van der Waals surface area contributed by atoms with Crippen LogP contribution in [0.15, 0.2) is 18.3 Å². The fourth-order valence-electron chi connectivity index (χ4n) is 2.42. The number of carbonyl (C=O) groups is 1. The second-order valence-electron chi connectivity index (χ2n) is 5.47. The molecule has 0 aliphatic carbocycles. The maximum atomic E-state index is 13.1. The Hall–Kier alpha value is -1.72. The lowest BCUT2D eigenvalue weighted by atomic mass is 10.2. The second-order valence-corrected chi connectivity index (χ2v) is 5.47. The lowest BCUT2D eigenvalue weighted by molar-refractivity contribution is -0.137. The summed E-state index contributed by atoms with van der Waals surface area (Å²) >= 11 is 0. The minimum atomic E-state index is -4.53. The number of carbonyl (C=O) groups excluding carboxylic acids is 1. The van der Waals surface area contributed by atoms with Gasteiger partial charge < -0.3 is 5.32 Å². The van der Waals surface area contributed by atoms with Gasteiger partial charge in [-0.2, -0.15) is 13.2 Å². The molecule has 26 heavy (non-hydrogen) atoms. The van der Waals surface area contributed by atoms with Crippen LogP contribution in [0.3, 0.4) is 0 Å². The molecule has 1 unspecified atom stereocenters. The molecule has 1 atom stereocenters. The van der Waals surface area contributed by atoms with Crippen molar-refractivity contribution in [3.05, 3.63) is 29.7 Å². The van der Waals surface area contributed by atoms with Crippen LogP contribution >= 0.6 is 24.8 Å². The zero-order chi connectivity index (χ0) is 17.5. The van der Waals surface area contributed by atoms with Gasteiger partial charge in [0.15, 0.2) is 11.5 Å². The summed E-state index contributed by atoms with van der Waals surface area (Å²) in [7, 11) is 0. The van der Waals surface area contributed by atoms with Crippen LogP contribution in [0.4, 0.5) is 22.0 Å². The largest absolute Gasteiger partial charge is 0.417 e. The first-order valence-corrected chi connectivity index (χ1v) is 6.95. The highest BCUT2D eigenvalue weighted by Crippen LogP contribution is 2.29. The third-order valence-electron chi connectivity index (χ3n) is 3.65. The van der Waals surface area contributed by atoms with E-state index < -0.39 is 42.6 Å². The van der Waals surface area contributed by atoms with E-state index in [0.717, 1.165) is 22.7 Å². The number of hydrogen-bond donors (Lipinski definition) is 2. The Morgan fingerprint density at radius 3 is 2.58 bits per heavy atom. The van der Waals surface area contributed by atoms with E-state index in [2.05, 4.69) is 20.8 Å². The topological polar surface area (TPSA) is 71.3 Å². The highest BCUT2D eigenvalue weighted by Gasteiger charge is 2.42. The predicted octanol–water partition coefficient (Wildman–Crippen LogP) is 2.21. The molecular weight excluding hydrogens is 408 g/mol. The summed E-state index contributed by atoms with van der Waals surface area (Å²) in [5.41, 5.74) is -0.711. The van der Waals surface area contributed by atoms with E-state index in [1.807, 2.05) is 0 Å². The zero-order valence-electron chi connectivity index (χ0n) is 12.9. The fraction of sp³-hybridized carbons (Fsp3) is 0.462. The van der Waals surface area contributed by atoms with E-state index in [0.29, 0.717) is 0 Å². The fourth-order valence-corrected chi connectivity index (χ4v) is 2.42. The number of aromatic nitrogens is 3. The van der Waals surface area contributed by atoms with Crippen LogP contribution in [-0.2, 0) is 17.5 Å². The monoisotopic (exact) mass is 421 g/mol. The molecule has 6 nitrogen and oxygen atoms in total. The minimum absolute atomic E-state index is 0. The smallest absolute Gasteiger partial charge is 0.347 e. The average Bonchev–Trinajstić information content (AvgIpc) is 3.06. The summed E-state index contributed by atoms with van der Waals surface area (Å²) in [5.74, 6) is -3.56. The number of alkyl halides is 5. The van der Waals surface area contributed by atoms with Crippen molar-refractivity contribution in [1.82, 2.24) is 25.2 Å². The number of halogens is 7. The third kappa shape index (κ3) is 4.71. The van der Waals surface area contributed by atoms with Gasteiger partial charge in [0.2, 0.25) is 5.91 Å². The number of pyridine rings is 1. The Kier molecular flexibility index (Phi) is 6.77. The van der Waals surface area contributed by atoms with Crippen molar-refractivity contribution in [3.63, 3.8) is 0 Å². The van der Waals surface area contributed by atoms with E-state index in [1.54, 1.807) is 0 Å². The summed E-state index contributed by atoms with van der Waals surface area (Å²) in [6, 6.07) is 0.974. The molecule has 2 aromatic rings. The quantitative estimate of drug-likeness (QED) is 0.745. The van der Waals surface area contributed by atoms with Crippen molar-refractivity contribution in [2.75, 3.05) is 6.54 Å². The molecule has 3 rings (SSSR count). The Morgan fingerprint density at radius 2 is 2.00 bits per heavy atom. The number of rotatable bonds is 3. The molecule has 146 valence electrons. The molecule has 1 aliphatic heterocycles. The molecule has 0 spiro atoms. The van der Waals surface area contributed by atoms with Crippen molar-refractivity contribution in [2.24, 2.45) is 0 Å². The van der Waals surface area contributed by atoms with Gasteiger partial charge in [-0.25, -0.2) is 8.78 Å². The number of hydrogen-bond acceptors (Lipinski definition) is 4. The molecule has 0 radical (unpaired) electrons. The van der Waals surface area contributed by atoms with Crippen LogP contribution in [0.1, 0.15) is 17.8 Å². The lowest BCUT2D eigenvalue weighted by Gasteiger charge is -2.11. The first-order chi connectivity index (χ1) is 11.2. The number of nitrogens with zero attached hydrogens (tertiary/aromatic N) is 3. The highest BCUT2D eigenvalue weighted by atomic mass is 35.5. The van der Waals surface area contributed by atoms with Crippen molar-refractivity contribution in [1.29, 1.82) is 0 Å². The Balaban J connectivity index is 0.00000169. The molecule has 1 saturated heterocycles. The van der Waals surface area contributed by atoms with Gasteiger partial charge in [-0.1, -0.05) is 0 Å². The maximum absolute atomic E-state index is 13.1. The van der Waals surface area contributed by atoms with Crippen molar-refractivity contribution < 1.29 is 26.7 Å². The van der Waals surface area contributed by atoms with Crippen molar-refractivity contribution >= 4 is 36.4 Å². The average molecular weight is 422 g/mol. The van der Waals surface area contributed by atoms with Gasteiger partial charge in [0.25, 0.3) is 5.92 Å². The highest BCUT2D eigenvalue weighted by molar-refractivity contribution is 5.85.